The molecule has 0 N–H and O–H groups in total. The van der Waals surface area contributed by atoms with Gasteiger partial charge in [-0.05, 0) is 18.1 Å². The van der Waals surface area contributed by atoms with Gasteiger partial charge in [0.1, 0.15) is 0 Å². The summed E-state index contributed by atoms with van der Waals surface area (Å²) in [6.07, 6.45) is 8.61. The molecular weight excluding hydrogens is 475 g/mol. The van der Waals surface area contributed by atoms with Crippen LogP contribution >= 0.6 is 0 Å². The van der Waals surface area contributed by atoms with Gasteiger partial charge in [-0.3, -0.25) is 0 Å². The molecule has 1 fully saturated rings. The summed E-state index contributed by atoms with van der Waals surface area (Å²) in [6.45, 7) is 6.98. The van der Waals surface area contributed by atoms with Gasteiger partial charge in [-0.2, -0.15) is 0 Å². The van der Waals surface area contributed by atoms with Gasteiger partial charge in [-0.15, -0.1) is 6.58 Å². The Kier molecular flexibility index (Phi) is 8.20. The van der Waals surface area contributed by atoms with E-state index in [1.54, 1.807) is 0 Å². The van der Waals surface area contributed by atoms with Gasteiger partial charge in [0.25, 0.3) is 0 Å². The Morgan fingerprint density at radius 2 is 1.21 bits per heavy atom. The fourth-order valence-corrected chi connectivity index (χ4v) is 7.72. The molecule has 0 bridgehead atoms. The first kappa shape index (κ1) is 25.7. The van der Waals surface area contributed by atoms with E-state index in [1.807, 2.05) is 12.5 Å². The fourth-order valence-electron chi connectivity index (χ4n) is 5.60. The van der Waals surface area contributed by atoms with E-state index in [2.05, 4.69) is 151 Å². The van der Waals surface area contributed by atoms with Gasteiger partial charge < -0.3 is 4.57 Å². The predicted molar refractivity (Wildman–Crippen MR) is 166 cm³/mol. The van der Waals surface area contributed by atoms with Gasteiger partial charge in [-0.1, -0.05) is 156 Å². The summed E-state index contributed by atoms with van der Waals surface area (Å²) in [7, 11) is -0.684. The largest absolute Gasteiger partial charge is 0.326 e. The third kappa shape index (κ3) is 5.81. The molecule has 0 saturated heterocycles. The molecule has 0 atom stereocenters. The molecule has 188 valence electrons. The Morgan fingerprint density at radius 3 is 1.58 bits per heavy atom. The lowest BCUT2D eigenvalue weighted by atomic mass is 9.37. The van der Waals surface area contributed by atoms with Gasteiger partial charge in [0.15, 0.2) is 0 Å². The molecule has 38 heavy (non-hydrogen) atoms. The summed E-state index contributed by atoms with van der Waals surface area (Å²) in [5.74, 6) is 0.866. The Bertz CT molecular complexity index is 1320. The number of nitrogens with zero attached hydrogens (tertiary/aromatic N) is 2. The van der Waals surface area contributed by atoms with E-state index in [9.17, 15) is 0 Å². The minimum Gasteiger partial charge on any atom is -0.326 e. The lowest BCUT2D eigenvalue weighted by Gasteiger charge is -2.37. The molecule has 0 aliphatic heterocycles. The molecule has 0 unspecified atom stereocenters. The Morgan fingerprint density at radius 1 is 0.763 bits per heavy atom. The Balaban J connectivity index is 0.000000162. The molecule has 1 saturated carbocycles. The number of hydrogen-bond donors (Lipinski definition) is 0. The van der Waals surface area contributed by atoms with Crippen LogP contribution in [-0.2, 0) is 5.16 Å². The van der Waals surface area contributed by atoms with E-state index < -0.39 is 9.52 Å². The van der Waals surface area contributed by atoms with Crippen LogP contribution in [0.2, 0.25) is 5.82 Å². The first-order valence-corrected chi connectivity index (χ1v) is 14.9. The number of benzene rings is 4. The molecule has 6 rings (SSSR count). The van der Waals surface area contributed by atoms with Crippen molar-refractivity contribution in [3.8, 4) is 0 Å². The number of aromatic nitrogens is 2. The molecule has 1 aliphatic rings. The standard InChI is InChI=1S/C19H20N2Si.C15H15B/c1-16(2)22-19(21-14-13-20-15-21,17-9-5-3-6-10-17)18-11-7-4-8-12-18;1-3-7-13(8-4-1)16(15-11-12-15)14-9-5-2-6-10-14/h3-15H,1,22H2,2H3;1-10,15H,11-12H2. The van der Waals surface area contributed by atoms with Gasteiger partial charge >= 0.3 is 0 Å². The van der Waals surface area contributed by atoms with Gasteiger partial charge in [0.2, 0.25) is 6.71 Å². The molecule has 0 radical (unpaired) electrons. The van der Waals surface area contributed by atoms with Crippen molar-refractivity contribution in [3.05, 3.63) is 163 Å². The zero-order valence-electron chi connectivity index (χ0n) is 22.2. The number of hydrogen-bond acceptors (Lipinski definition) is 1. The smallest absolute Gasteiger partial charge is 0.212 e. The van der Waals surface area contributed by atoms with Crippen LogP contribution in [0.3, 0.4) is 0 Å². The van der Waals surface area contributed by atoms with Crippen LogP contribution in [0, 0.1) is 0 Å². The molecular formula is C34H35BN2Si. The van der Waals surface area contributed by atoms with Crippen LogP contribution in [0.5, 0.6) is 0 Å². The topological polar surface area (TPSA) is 17.8 Å². The molecule has 4 heteroatoms. The molecule has 1 aromatic heterocycles. The summed E-state index contributed by atoms with van der Waals surface area (Å²) < 4.78 is 2.25. The highest BCUT2D eigenvalue weighted by atomic mass is 28.2. The van der Waals surface area contributed by atoms with Crippen molar-refractivity contribution in [2.75, 3.05) is 0 Å². The van der Waals surface area contributed by atoms with Gasteiger partial charge in [0.05, 0.1) is 21.0 Å². The molecule has 5 aromatic rings. The van der Waals surface area contributed by atoms with E-state index >= 15 is 0 Å². The average Bonchev–Trinajstić information content (AvgIpc) is 3.65. The summed E-state index contributed by atoms with van der Waals surface area (Å²) in [5, 5.41) is 1.10. The van der Waals surface area contributed by atoms with Crippen molar-refractivity contribution in [1.82, 2.24) is 9.55 Å². The summed E-state index contributed by atoms with van der Waals surface area (Å²) in [6, 6.07) is 43.2. The number of imidazole rings is 1. The summed E-state index contributed by atoms with van der Waals surface area (Å²) in [4.78, 5) is 4.30. The van der Waals surface area contributed by atoms with Crippen LogP contribution in [0.1, 0.15) is 30.9 Å². The van der Waals surface area contributed by atoms with Crippen LogP contribution in [0.4, 0.5) is 0 Å². The molecule has 0 amide bonds. The maximum absolute atomic E-state index is 4.30. The lowest BCUT2D eigenvalue weighted by Crippen LogP contribution is -2.42. The highest BCUT2D eigenvalue weighted by Crippen LogP contribution is 2.38. The normalized spacial score (nSPS) is 13.1. The van der Waals surface area contributed by atoms with Crippen molar-refractivity contribution >= 4 is 27.2 Å². The second-order valence-corrected chi connectivity index (χ2v) is 12.9. The van der Waals surface area contributed by atoms with E-state index in [0.717, 1.165) is 5.82 Å². The number of allylic oxidation sites excluding steroid dienone is 1. The van der Waals surface area contributed by atoms with E-state index in [0.29, 0.717) is 6.71 Å². The molecule has 1 heterocycles. The van der Waals surface area contributed by atoms with Crippen LogP contribution in [0.15, 0.2) is 152 Å². The van der Waals surface area contributed by atoms with Gasteiger partial charge in [0, 0.05) is 12.4 Å². The van der Waals surface area contributed by atoms with Crippen molar-refractivity contribution in [3.63, 3.8) is 0 Å². The molecule has 2 nitrogen and oxygen atoms in total. The third-order valence-electron chi connectivity index (χ3n) is 7.42. The lowest BCUT2D eigenvalue weighted by molar-refractivity contribution is 0.595. The van der Waals surface area contributed by atoms with Crippen LogP contribution < -0.4 is 10.9 Å². The summed E-state index contributed by atoms with van der Waals surface area (Å²) in [5.41, 5.74) is 5.54. The maximum atomic E-state index is 4.30. The minimum atomic E-state index is -0.684. The van der Waals surface area contributed by atoms with Crippen molar-refractivity contribution < 1.29 is 0 Å². The number of rotatable bonds is 8. The fraction of sp³-hybridized carbons (Fsp3) is 0.147. The van der Waals surface area contributed by atoms with Crippen molar-refractivity contribution in [2.45, 2.75) is 30.7 Å². The van der Waals surface area contributed by atoms with Crippen molar-refractivity contribution in [2.24, 2.45) is 0 Å². The highest BCUT2D eigenvalue weighted by molar-refractivity contribution is 6.86. The first-order chi connectivity index (χ1) is 18.7. The molecule has 1 aliphatic carbocycles. The Hall–Kier alpha value is -3.89. The third-order valence-corrected chi connectivity index (χ3v) is 9.71. The van der Waals surface area contributed by atoms with Crippen molar-refractivity contribution in [1.29, 1.82) is 0 Å². The monoisotopic (exact) mass is 510 g/mol. The van der Waals surface area contributed by atoms with Crippen LogP contribution in [0.25, 0.3) is 0 Å². The quantitative estimate of drug-likeness (QED) is 0.242. The second kappa shape index (κ2) is 12.1. The van der Waals surface area contributed by atoms with Gasteiger partial charge in [-0.25, -0.2) is 4.98 Å². The average molecular weight is 511 g/mol. The molecule has 4 aromatic carbocycles. The van der Waals surface area contributed by atoms with E-state index in [-0.39, 0.29) is 5.16 Å². The zero-order valence-corrected chi connectivity index (χ0v) is 23.6. The zero-order chi connectivity index (χ0) is 26.2. The van der Waals surface area contributed by atoms with E-state index in [1.165, 1.54) is 40.1 Å². The molecule has 0 spiro atoms. The summed E-state index contributed by atoms with van der Waals surface area (Å²) >= 11 is 0. The second-order valence-electron chi connectivity index (χ2n) is 10.3. The highest BCUT2D eigenvalue weighted by Gasteiger charge is 2.37. The minimum absolute atomic E-state index is 0.176. The van der Waals surface area contributed by atoms with E-state index in [4.69, 9.17) is 0 Å². The Labute approximate surface area is 230 Å². The van der Waals surface area contributed by atoms with Crippen LogP contribution in [-0.4, -0.2) is 25.8 Å². The predicted octanol–water partition coefficient (Wildman–Crippen LogP) is 5.79. The maximum Gasteiger partial charge on any atom is 0.212 e. The SMILES string of the molecule is C=C(C)[SiH2]C(c1ccccc1)(c1ccccc1)n1ccnc1.c1ccc(B(c2ccccc2)C2CC2)cc1. The first-order valence-electron chi connectivity index (χ1n) is 13.5.